The number of nitrogens with one attached hydrogen (secondary N) is 1. The van der Waals surface area contributed by atoms with Crippen LogP contribution in [0.2, 0.25) is 0 Å². The number of hydrogen-bond donors (Lipinski definition) is 2. The summed E-state index contributed by atoms with van der Waals surface area (Å²) in [7, 11) is 0. The largest absolute Gasteiger partial charge is 0.370 e. The van der Waals surface area contributed by atoms with Crippen LogP contribution in [-0.2, 0) is 4.74 Å². The molecular weight excluding hydrogens is 252 g/mol. The van der Waals surface area contributed by atoms with Crippen molar-refractivity contribution in [2.24, 2.45) is 5.84 Å². The zero-order valence-corrected chi connectivity index (χ0v) is 11.5. The van der Waals surface area contributed by atoms with Gasteiger partial charge in [0.05, 0.1) is 5.69 Å². The highest BCUT2D eigenvalue weighted by Crippen LogP contribution is 2.31. The van der Waals surface area contributed by atoms with Crippen molar-refractivity contribution < 1.29 is 4.74 Å². The van der Waals surface area contributed by atoms with E-state index in [2.05, 4.69) is 10.4 Å². The van der Waals surface area contributed by atoms with Crippen molar-refractivity contribution in [2.75, 3.05) is 12.0 Å². The number of nitrogens with zero attached hydrogens (tertiary/aromatic N) is 2. The Hall–Kier alpha value is -1.98. The second-order valence-corrected chi connectivity index (χ2v) is 4.92. The molecule has 0 radical (unpaired) electrons. The third-order valence-corrected chi connectivity index (χ3v) is 3.56. The van der Waals surface area contributed by atoms with E-state index in [1.54, 1.807) is 0 Å². The Kier molecular flexibility index (Phi) is 3.62. The molecule has 1 aromatic heterocycles. The molecule has 3 N–H and O–H groups in total. The molecule has 1 aliphatic heterocycles. The molecule has 0 aliphatic carbocycles. The maximum Gasteiger partial charge on any atom is 0.160 e. The van der Waals surface area contributed by atoms with E-state index >= 15 is 0 Å². The lowest BCUT2D eigenvalue weighted by Gasteiger charge is -2.15. The van der Waals surface area contributed by atoms with E-state index in [1.165, 1.54) is 0 Å². The van der Waals surface area contributed by atoms with Crippen LogP contribution in [0.1, 0.15) is 30.3 Å². The number of rotatable bonds is 3. The molecule has 0 saturated carbocycles. The van der Waals surface area contributed by atoms with Gasteiger partial charge in [-0.2, -0.15) is 0 Å². The van der Waals surface area contributed by atoms with Crippen LogP contribution in [0.5, 0.6) is 0 Å². The number of hydrazine groups is 1. The third-order valence-electron chi connectivity index (χ3n) is 3.56. The summed E-state index contributed by atoms with van der Waals surface area (Å²) in [6.45, 7) is 2.74. The van der Waals surface area contributed by atoms with Crippen LogP contribution in [0.3, 0.4) is 0 Å². The van der Waals surface area contributed by atoms with Crippen LogP contribution in [0.25, 0.3) is 11.3 Å². The van der Waals surface area contributed by atoms with Gasteiger partial charge in [-0.1, -0.05) is 30.3 Å². The predicted octanol–water partition coefficient (Wildman–Crippen LogP) is 2.59. The first-order valence-corrected chi connectivity index (χ1v) is 6.82. The van der Waals surface area contributed by atoms with E-state index in [-0.39, 0.29) is 6.10 Å². The Morgan fingerprint density at radius 1 is 1.25 bits per heavy atom. The molecule has 5 heteroatoms. The van der Waals surface area contributed by atoms with Crippen LogP contribution in [-0.4, -0.2) is 16.6 Å². The minimum Gasteiger partial charge on any atom is -0.370 e. The lowest BCUT2D eigenvalue weighted by molar-refractivity contribution is 0.105. The predicted molar refractivity (Wildman–Crippen MR) is 77.9 cm³/mol. The Morgan fingerprint density at radius 2 is 2.05 bits per heavy atom. The van der Waals surface area contributed by atoms with E-state index < -0.39 is 0 Å². The highest BCUT2D eigenvalue weighted by Gasteiger charge is 2.23. The topological polar surface area (TPSA) is 73.1 Å². The molecule has 20 heavy (non-hydrogen) atoms. The standard InChI is InChI=1S/C15H18N4O/c1-10-13(11-6-3-2-4-7-11)17-15(18-14(10)19-16)12-8-5-9-20-12/h2-4,6-7,12H,5,8-9,16H2,1H3,(H,17,18,19). The van der Waals surface area contributed by atoms with Crippen molar-refractivity contribution in [2.45, 2.75) is 25.9 Å². The van der Waals surface area contributed by atoms with Crippen molar-refractivity contribution in [3.8, 4) is 11.3 Å². The first-order chi connectivity index (χ1) is 9.79. The van der Waals surface area contributed by atoms with Crippen molar-refractivity contribution >= 4 is 5.82 Å². The average molecular weight is 270 g/mol. The maximum absolute atomic E-state index is 5.68. The fourth-order valence-corrected chi connectivity index (χ4v) is 2.48. The fraction of sp³-hybridized carbons (Fsp3) is 0.333. The maximum atomic E-state index is 5.68. The molecule has 0 bridgehead atoms. The zero-order chi connectivity index (χ0) is 13.9. The highest BCUT2D eigenvalue weighted by molar-refractivity contribution is 5.67. The lowest BCUT2D eigenvalue weighted by atomic mass is 10.1. The van der Waals surface area contributed by atoms with Gasteiger partial charge in [-0.05, 0) is 19.8 Å². The minimum atomic E-state index is -0.0230. The number of aromatic nitrogens is 2. The summed E-state index contributed by atoms with van der Waals surface area (Å²) in [5, 5.41) is 0. The molecule has 1 aliphatic rings. The number of hydrogen-bond acceptors (Lipinski definition) is 5. The number of anilines is 1. The smallest absolute Gasteiger partial charge is 0.160 e. The van der Waals surface area contributed by atoms with Crippen molar-refractivity contribution in [3.63, 3.8) is 0 Å². The van der Waals surface area contributed by atoms with Gasteiger partial charge in [-0.25, -0.2) is 15.8 Å². The summed E-state index contributed by atoms with van der Waals surface area (Å²) in [5.41, 5.74) is 5.57. The number of ether oxygens (including phenoxy) is 1. The van der Waals surface area contributed by atoms with Crippen LogP contribution < -0.4 is 11.3 Å². The lowest BCUT2D eigenvalue weighted by Crippen LogP contribution is -2.14. The normalized spacial score (nSPS) is 18.2. The number of benzene rings is 1. The third kappa shape index (κ3) is 2.37. The van der Waals surface area contributed by atoms with Crippen molar-refractivity contribution in [3.05, 3.63) is 41.7 Å². The van der Waals surface area contributed by atoms with Gasteiger partial charge >= 0.3 is 0 Å². The molecule has 0 amide bonds. The van der Waals surface area contributed by atoms with Crippen LogP contribution in [0.4, 0.5) is 5.82 Å². The van der Waals surface area contributed by atoms with Gasteiger partial charge in [-0.15, -0.1) is 0 Å². The second-order valence-electron chi connectivity index (χ2n) is 4.92. The van der Waals surface area contributed by atoms with E-state index in [0.717, 1.165) is 36.3 Å². The summed E-state index contributed by atoms with van der Waals surface area (Å²) < 4.78 is 5.68. The molecule has 1 aromatic carbocycles. The molecule has 2 heterocycles. The minimum absolute atomic E-state index is 0.0230. The van der Waals surface area contributed by atoms with E-state index in [4.69, 9.17) is 15.6 Å². The van der Waals surface area contributed by atoms with Gasteiger partial charge in [-0.3, -0.25) is 0 Å². The molecule has 1 atom stereocenters. The van der Waals surface area contributed by atoms with Gasteiger partial charge in [0.15, 0.2) is 5.82 Å². The molecular formula is C15H18N4O. The number of nitrogens with two attached hydrogens (primary N) is 1. The quantitative estimate of drug-likeness (QED) is 0.662. The average Bonchev–Trinajstić information content (AvgIpc) is 3.03. The second kappa shape index (κ2) is 5.56. The van der Waals surface area contributed by atoms with Gasteiger partial charge in [0, 0.05) is 17.7 Å². The zero-order valence-electron chi connectivity index (χ0n) is 11.5. The van der Waals surface area contributed by atoms with E-state index in [1.807, 2.05) is 37.3 Å². The van der Waals surface area contributed by atoms with Gasteiger partial charge in [0.2, 0.25) is 0 Å². The highest BCUT2D eigenvalue weighted by atomic mass is 16.5. The Labute approximate surface area is 118 Å². The Bertz CT molecular complexity index is 594. The summed E-state index contributed by atoms with van der Waals surface area (Å²) in [6, 6.07) is 10.1. The monoisotopic (exact) mass is 270 g/mol. The molecule has 2 aromatic rings. The Balaban J connectivity index is 2.10. The molecule has 104 valence electrons. The summed E-state index contributed by atoms with van der Waals surface area (Å²) in [5.74, 6) is 6.95. The molecule has 1 fully saturated rings. The van der Waals surface area contributed by atoms with Crippen molar-refractivity contribution in [1.82, 2.24) is 9.97 Å². The van der Waals surface area contributed by atoms with Crippen molar-refractivity contribution in [1.29, 1.82) is 0 Å². The SMILES string of the molecule is Cc1c(NN)nc(C2CCCO2)nc1-c1ccccc1. The molecule has 3 rings (SSSR count). The summed E-state index contributed by atoms with van der Waals surface area (Å²) >= 11 is 0. The molecule has 1 saturated heterocycles. The Morgan fingerprint density at radius 3 is 2.70 bits per heavy atom. The van der Waals surface area contributed by atoms with Gasteiger partial charge in [0.25, 0.3) is 0 Å². The summed E-state index contributed by atoms with van der Waals surface area (Å²) in [6.07, 6.45) is 1.99. The van der Waals surface area contributed by atoms with Gasteiger partial charge in [0.1, 0.15) is 11.9 Å². The first kappa shape index (κ1) is 13.0. The van der Waals surface area contributed by atoms with E-state index in [0.29, 0.717) is 11.6 Å². The first-order valence-electron chi connectivity index (χ1n) is 6.82. The van der Waals surface area contributed by atoms with E-state index in [9.17, 15) is 0 Å². The van der Waals surface area contributed by atoms with Crippen LogP contribution in [0.15, 0.2) is 30.3 Å². The fourth-order valence-electron chi connectivity index (χ4n) is 2.48. The van der Waals surface area contributed by atoms with Gasteiger partial charge < -0.3 is 10.2 Å². The van der Waals surface area contributed by atoms with Crippen LogP contribution in [0, 0.1) is 6.92 Å². The van der Waals surface area contributed by atoms with Crippen LogP contribution >= 0.6 is 0 Å². The molecule has 5 nitrogen and oxygen atoms in total. The molecule has 0 spiro atoms. The summed E-state index contributed by atoms with van der Waals surface area (Å²) in [4.78, 5) is 9.19. The molecule has 1 unspecified atom stereocenters. The number of nitrogen functional groups attached to an aromatic ring is 1.